The number of aryl methyl sites for hydroxylation is 1. The van der Waals surface area contributed by atoms with Crippen molar-refractivity contribution in [3.63, 3.8) is 0 Å². The Bertz CT molecular complexity index is 511. The molecule has 0 atom stereocenters. The minimum absolute atomic E-state index is 0.0758. The van der Waals surface area contributed by atoms with Crippen molar-refractivity contribution in [3.05, 3.63) is 29.3 Å². The quantitative estimate of drug-likeness (QED) is 0.676. The molecule has 0 fully saturated rings. The number of hydrogen-bond donors (Lipinski definition) is 3. The van der Waals surface area contributed by atoms with Gasteiger partial charge in [0, 0.05) is 0 Å². The predicted octanol–water partition coefficient (Wildman–Crippen LogP) is -0.287. The number of carboxylic acids is 1. The maximum atomic E-state index is 12.0. The third-order valence-electron chi connectivity index (χ3n) is 2.34. The second-order valence-electron chi connectivity index (χ2n) is 4.04. The first-order chi connectivity index (χ1) is 8.81. The number of phenols is 1. The summed E-state index contributed by atoms with van der Waals surface area (Å²) in [6, 6.07) is 4.33. The van der Waals surface area contributed by atoms with Gasteiger partial charge < -0.3 is 20.8 Å². The molecule has 1 rings (SSSR count). The van der Waals surface area contributed by atoms with Crippen molar-refractivity contribution in [3.8, 4) is 5.75 Å². The van der Waals surface area contributed by atoms with Crippen molar-refractivity contribution < 1.29 is 24.6 Å². The number of amides is 2. The van der Waals surface area contributed by atoms with E-state index >= 15 is 0 Å². The van der Waals surface area contributed by atoms with Crippen LogP contribution in [0.3, 0.4) is 0 Å². The summed E-state index contributed by atoms with van der Waals surface area (Å²) in [5, 5.41) is 18.4. The molecular weight excluding hydrogens is 252 g/mol. The van der Waals surface area contributed by atoms with Gasteiger partial charge in [-0.1, -0.05) is 6.07 Å². The summed E-state index contributed by atoms with van der Waals surface area (Å²) in [6.45, 7) is 0.528. The summed E-state index contributed by atoms with van der Waals surface area (Å²) in [6.07, 6.45) is 0. The van der Waals surface area contributed by atoms with E-state index in [2.05, 4.69) is 0 Å². The van der Waals surface area contributed by atoms with Gasteiger partial charge in [0.15, 0.2) is 0 Å². The number of primary amides is 1. The summed E-state index contributed by atoms with van der Waals surface area (Å²) < 4.78 is 0. The molecule has 0 aliphatic carbocycles. The zero-order valence-electron chi connectivity index (χ0n) is 10.3. The molecule has 0 unspecified atom stereocenters. The van der Waals surface area contributed by atoms with Crippen molar-refractivity contribution in [2.24, 2.45) is 5.73 Å². The molecule has 0 heterocycles. The lowest BCUT2D eigenvalue weighted by Gasteiger charge is -2.19. The van der Waals surface area contributed by atoms with Crippen LogP contribution in [0.25, 0.3) is 0 Å². The third-order valence-corrected chi connectivity index (χ3v) is 2.34. The van der Waals surface area contributed by atoms with Gasteiger partial charge in [0.25, 0.3) is 5.91 Å². The number of rotatable bonds is 5. The van der Waals surface area contributed by atoms with Gasteiger partial charge in [-0.15, -0.1) is 0 Å². The monoisotopic (exact) mass is 266 g/mol. The van der Waals surface area contributed by atoms with Crippen molar-refractivity contribution >= 4 is 17.8 Å². The lowest BCUT2D eigenvalue weighted by atomic mass is 10.1. The number of nitrogens with two attached hydrogens (primary N) is 1. The highest BCUT2D eigenvalue weighted by Crippen LogP contribution is 2.20. The molecule has 1 aromatic carbocycles. The number of carbonyl (C=O) groups excluding carboxylic acids is 2. The van der Waals surface area contributed by atoms with E-state index < -0.39 is 30.9 Å². The highest BCUT2D eigenvalue weighted by molar-refractivity contribution is 6.00. The summed E-state index contributed by atoms with van der Waals surface area (Å²) in [5.41, 5.74) is 5.63. The zero-order valence-corrected chi connectivity index (χ0v) is 10.3. The topological polar surface area (TPSA) is 121 Å². The van der Waals surface area contributed by atoms with Gasteiger partial charge in [-0.05, 0) is 24.6 Å². The van der Waals surface area contributed by atoms with Gasteiger partial charge in [-0.2, -0.15) is 0 Å². The van der Waals surface area contributed by atoms with Crippen LogP contribution in [0.15, 0.2) is 18.2 Å². The van der Waals surface area contributed by atoms with Crippen molar-refractivity contribution in [1.82, 2.24) is 4.90 Å². The van der Waals surface area contributed by atoms with Crippen LogP contribution in [0.2, 0.25) is 0 Å². The largest absolute Gasteiger partial charge is 0.507 e. The molecule has 7 heteroatoms. The van der Waals surface area contributed by atoms with Crippen LogP contribution in [0.4, 0.5) is 0 Å². The van der Waals surface area contributed by atoms with E-state index in [0.29, 0.717) is 0 Å². The number of aromatic hydroxyl groups is 1. The highest BCUT2D eigenvalue weighted by Gasteiger charge is 2.22. The van der Waals surface area contributed by atoms with Crippen LogP contribution in [0, 0.1) is 6.92 Å². The molecule has 0 saturated heterocycles. The van der Waals surface area contributed by atoms with E-state index in [9.17, 15) is 19.5 Å². The van der Waals surface area contributed by atoms with Crippen LogP contribution in [-0.4, -0.2) is 46.0 Å². The number of carbonyl (C=O) groups is 3. The molecule has 0 saturated carbocycles. The fourth-order valence-electron chi connectivity index (χ4n) is 1.54. The Morgan fingerprint density at radius 1 is 1.26 bits per heavy atom. The highest BCUT2D eigenvalue weighted by atomic mass is 16.4. The fourth-order valence-corrected chi connectivity index (χ4v) is 1.54. The zero-order chi connectivity index (χ0) is 14.6. The van der Waals surface area contributed by atoms with Crippen LogP contribution < -0.4 is 5.73 Å². The van der Waals surface area contributed by atoms with Gasteiger partial charge >= 0.3 is 5.97 Å². The molecule has 7 nitrogen and oxygen atoms in total. The molecule has 2 amide bonds. The fraction of sp³-hybridized carbons (Fsp3) is 0.250. The normalized spacial score (nSPS) is 9.95. The maximum absolute atomic E-state index is 12.0. The standard InChI is InChI=1S/C12H14N2O5/c1-7-2-3-8(9(15)4-7)12(19)14(5-10(13)16)6-11(17)18/h2-4,15H,5-6H2,1H3,(H2,13,16)(H,17,18). The molecular formula is C12H14N2O5. The number of hydrogen-bond acceptors (Lipinski definition) is 4. The van der Waals surface area contributed by atoms with E-state index in [4.69, 9.17) is 10.8 Å². The minimum atomic E-state index is -1.28. The van der Waals surface area contributed by atoms with Crippen molar-refractivity contribution in [1.29, 1.82) is 0 Å². The number of aliphatic carboxylic acids is 1. The molecule has 0 aromatic heterocycles. The molecule has 0 bridgehead atoms. The first kappa shape index (κ1) is 14.5. The van der Waals surface area contributed by atoms with Crippen molar-refractivity contribution in [2.75, 3.05) is 13.1 Å². The smallest absolute Gasteiger partial charge is 0.323 e. The van der Waals surface area contributed by atoms with Crippen LogP contribution in [-0.2, 0) is 9.59 Å². The van der Waals surface area contributed by atoms with E-state index in [-0.39, 0.29) is 11.3 Å². The average molecular weight is 266 g/mol. The Labute approximate surface area is 109 Å². The Kier molecular flexibility index (Phi) is 4.46. The minimum Gasteiger partial charge on any atom is -0.507 e. The third kappa shape index (κ3) is 3.98. The van der Waals surface area contributed by atoms with Crippen LogP contribution in [0.1, 0.15) is 15.9 Å². The van der Waals surface area contributed by atoms with Gasteiger partial charge in [0.05, 0.1) is 5.56 Å². The van der Waals surface area contributed by atoms with E-state index in [1.54, 1.807) is 13.0 Å². The van der Waals surface area contributed by atoms with Gasteiger partial charge in [-0.25, -0.2) is 0 Å². The molecule has 19 heavy (non-hydrogen) atoms. The Hall–Kier alpha value is -2.57. The van der Waals surface area contributed by atoms with Crippen LogP contribution >= 0.6 is 0 Å². The summed E-state index contributed by atoms with van der Waals surface area (Å²) in [7, 11) is 0. The second kappa shape index (κ2) is 5.85. The molecule has 0 radical (unpaired) electrons. The number of benzene rings is 1. The first-order valence-corrected chi connectivity index (χ1v) is 5.40. The Morgan fingerprint density at radius 2 is 1.89 bits per heavy atom. The van der Waals surface area contributed by atoms with Crippen molar-refractivity contribution in [2.45, 2.75) is 6.92 Å². The lowest BCUT2D eigenvalue weighted by Crippen LogP contribution is -2.41. The summed E-state index contributed by atoms with van der Waals surface area (Å²) in [4.78, 5) is 34.3. The molecule has 0 aliphatic heterocycles. The second-order valence-corrected chi connectivity index (χ2v) is 4.04. The Balaban J connectivity index is 3.04. The number of carboxylic acid groups (broad SMARTS) is 1. The number of phenolic OH excluding ortho intramolecular Hbond substituents is 1. The summed E-state index contributed by atoms with van der Waals surface area (Å²) in [5.74, 6) is -3.15. The van der Waals surface area contributed by atoms with E-state index in [1.165, 1.54) is 12.1 Å². The number of nitrogens with zero attached hydrogens (tertiary/aromatic N) is 1. The predicted molar refractivity (Wildman–Crippen MR) is 65.6 cm³/mol. The van der Waals surface area contributed by atoms with Gasteiger partial charge in [-0.3, -0.25) is 14.4 Å². The molecule has 0 spiro atoms. The molecule has 0 aliphatic rings. The molecule has 1 aromatic rings. The average Bonchev–Trinajstić information content (AvgIpc) is 2.26. The molecule has 4 N–H and O–H groups in total. The van der Waals surface area contributed by atoms with E-state index in [1.807, 2.05) is 0 Å². The van der Waals surface area contributed by atoms with E-state index in [0.717, 1.165) is 10.5 Å². The lowest BCUT2D eigenvalue weighted by molar-refractivity contribution is -0.138. The summed E-state index contributed by atoms with van der Waals surface area (Å²) >= 11 is 0. The van der Waals surface area contributed by atoms with Gasteiger partial charge in [0.1, 0.15) is 18.8 Å². The first-order valence-electron chi connectivity index (χ1n) is 5.40. The maximum Gasteiger partial charge on any atom is 0.323 e. The Morgan fingerprint density at radius 3 is 2.37 bits per heavy atom. The SMILES string of the molecule is Cc1ccc(C(=O)N(CC(N)=O)CC(=O)O)c(O)c1. The van der Waals surface area contributed by atoms with Crippen LogP contribution in [0.5, 0.6) is 5.75 Å². The van der Waals surface area contributed by atoms with Gasteiger partial charge in [0.2, 0.25) is 5.91 Å². The molecule has 102 valence electrons.